The van der Waals surface area contributed by atoms with Crippen LogP contribution in [0.5, 0.6) is 0 Å². The van der Waals surface area contributed by atoms with Crippen LogP contribution in [0.3, 0.4) is 0 Å². The van der Waals surface area contributed by atoms with Gasteiger partial charge in [0.1, 0.15) is 16.7 Å². The van der Waals surface area contributed by atoms with Crippen LogP contribution in [0.25, 0.3) is 11.5 Å². The highest BCUT2D eigenvalue weighted by Crippen LogP contribution is 2.23. The van der Waals surface area contributed by atoms with Gasteiger partial charge in [0.25, 0.3) is 0 Å². The highest BCUT2D eigenvalue weighted by molar-refractivity contribution is 6.31. The Kier molecular flexibility index (Phi) is 3.99. The highest BCUT2D eigenvalue weighted by atomic mass is 35.5. The van der Waals surface area contributed by atoms with Gasteiger partial charge in [0.2, 0.25) is 0 Å². The van der Waals surface area contributed by atoms with Crippen molar-refractivity contribution in [3.05, 3.63) is 64.9 Å². The molecule has 0 fully saturated rings. The first-order valence-electron chi connectivity index (χ1n) is 6.19. The molecule has 0 atom stereocenters. The maximum absolute atomic E-state index is 6.05. The second-order valence-corrected chi connectivity index (χ2v) is 5.07. The monoisotopic (exact) mass is 316 g/mol. The van der Waals surface area contributed by atoms with Gasteiger partial charge < -0.3 is 5.32 Å². The van der Waals surface area contributed by atoms with Crippen molar-refractivity contribution >= 4 is 34.7 Å². The lowest BCUT2D eigenvalue weighted by atomic mass is 10.3. The van der Waals surface area contributed by atoms with E-state index in [0.29, 0.717) is 27.5 Å². The van der Waals surface area contributed by atoms with Gasteiger partial charge in [0.15, 0.2) is 5.82 Å². The molecule has 0 aliphatic heterocycles. The van der Waals surface area contributed by atoms with Crippen LogP contribution < -0.4 is 5.32 Å². The van der Waals surface area contributed by atoms with E-state index in [1.165, 1.54) is 0 Å². The van der Waals surface area contributed by atoms with E-state index < -0.39 is 0 Å². The van der Waals surface area contributed by atoms with Crippen LogP contribution in [-0.2, 0) is 0 Å². The van der Waals surface area contributed by atoms with Gasteiger partial charge in [0.05, 0.1) is 0 Å². The van der Waals surface area contributed by atoms with Crippen molar-refractivity contribution in [3.63, 3.8) is 0 Å². The van der Waals surface area contributed by atoms with Crippen LogP contribution in [0.2, 0.25) is 10.2 Å². The third kappa shape index (κ3) is 3.48. The molecule has 4 nitrogen and oxygen atoms in total. The lowest BCUT2D eigenvalue weighted by molar-refractivity contribution is 1.14. The second kappa shape index (κ2) is 6.08. The third-order valence-electron chi connectivity index (χ3n) is 2.69. The zero-order chi connectivity index (χ0) is 14.7. The summed E-state index contributed by atoms with van der Waals surface area (Å²) in [6, 6.07) is 14.5. The summed E-state index contributed by atoms with van der Waals surface area (Å²) in [5.74, 6) is 1.05. The summed E-state index contributed by atoms with van der Waals surface area (Å²) in [4.78, 5) is 12.8. The van der Waals surface area contributed by atoms with Crippen LogP contribution in [-0.4, -0.2) is 15.0 Å². The summed E-state index contributed by atoms with van der Waals surface area (Å²) in [5, 5.41) is 4.13. The maximum atomic E-state index is 6.05. The molecule has 0 radical (unpaired) electrons. The summed E-state index contributed by atoms with van der Waals surface area (Å²) in [7, 11) is 0. The fourth-order valence-electron chi connectivity index (χ4n) is 1.81. The van der Waals surface area contributed by atoms with Crippen molar-refractivity contribution in [2.24, 2.45) is 0 Å². The molecule has 0 aliphatic rings. The molecule has 0 saturated carbocycles. The van der Waals surface area contributed by atoms with E-state index in [0.717, 1.165) is 5.69 Å². The van der Waals surface area contributed by atoms with Gasteiger partial charge in [-0.2, -0.15) is 0 Å². The van der Waals surface area contributed by atoms with Crippen molar-refractivity contribution < 1.29 is 0 Å². The van der Waals surface area contributed by atoms with Gasteiger partial charge in [-0.05, 0) is 30.3 Å². The van der Waals surface area contributed by atoms with Crippen LogP contribution in [0.1, 0.15) is 0 Å². The molecule has 0 spiro atoms. The predicted octanol–water partition coefficient (Wildman–Crippen LogP) is 4.59. The molecule has 0 bridgehead atoms. The Morgan fingerprint density at radius 1 is 0.905 bits per heavy atom. The van der Waals surface area contributed by atoms with E-state index in [9.17, 15) is 0 Å². The van der Waals surface area contributed by atoms with Crippen molar-refractivity contribution in [2.75, 3.05) is 5.32 Å². The first-order chi connectivity index (χ1) is 10.2. The number of aromatic nitrogens is 3. The Hall–Kier alpha value is -2.17. The smallest absolute Gasteiger partial charge is 0.181 e. The Bertz CT molecular complexity index is 763. The van der Waals surface area contributed by atoms with E-state index in [4.69, 9.17) is 23.2 Å². The number of anilines is 2. The quantitative estimate of drug-likeness (QED) is 0.718. The maximum Gasteiger partial charge on any atom is 0.181 e. The topological polar surface area (TPSA) is 50.7 Å². The van der Waals surface area contributed by atoms with E-state index >= 15 is 0 Å². The largest absolute Gasteiger partial charge is 0.340 e. The molecule has 2 aromatic heterocycles. The van der Waals surface area contributed by atoms with Crippen LogP contribution in [0.15, 0.2) is 54.7 Å². The molecule has 3 rings (SSSR count). The van der Waals surface area contributed by atoms with Gasteiger partial charge in [-0.1, -0.05) is 35.3 Å². The number of nitrogens with zero attached hydrogens (tertiary/aromatic N) is 3. The summed E-state index contributed by atoms with van der Waals surface area (Å²) < 4.78 is 0. The summed E-state index contributed by atoms with van der Waals surface area (Å²) in [6.07, 6.45) is 1.68. The molecule has 1 aromatic carbocycles. The zero-order valence-electron chi connectivity index (χ0n) is 10.8. The minimum Gasteiger partial charge on any atom is -0.340 e. The molecule has 2 heterocycles. The van der Waals surface area contributed by atoms with E-state index in [1.807, 2.05) is 30.3 Å². The number of benzene rings is 1. The second-order valence-electron chi connectivity index (χ2n) is 4.25. The standard InChI is InChI=1S/C15H10Cl2N4/c16-10-4-3-5-11(8-10)19-14-9-13(17)20-15(21-14)12-6-1-2-7-18-12/h1-9H,(H,19,20,21). The predicted molar refractivity (Wildman–Crippen MR) is 85.0 cm³/mol. The van der Waals surface area contributed by atoms with Crippen molar-refractivity contribution in [1.82, 2.24) is 15.0 Å². The van der Waals surface area contributed by atoms with Crippen molar-refractivity contribution in [1.29, 1.82) is 0 Å². The lowest BCUT2D eigenvalue weighted by Crippen LogP contribution is -1.98. The molecule has 6 heteroatoms. The van der Waals surface area contributed by atoms with Crippen LogP contribution in [0, 0.1) is 0 Å². The molecular formula is C15H10Cl2N4. The molecule has 0 amide bonds. The van der Waals surface area contributed by atoms with Gasteiger partial charge in [-0.3, -0.25) is 4.98 Å². The summed E-state index contributed by atoms with van der Waals surface area (Å²) in [6.45, 7) is 0. The minimum atomic E-state index is 0.343. The average molecular weight is 317 g/mol. The molecule has 3 aromatic rings. The number of halogens is 2. The average Bonchev–Trinajstić information content (AvgIpc) is 2.47. The number of hydrogen-bond acceptors (Lipinski definition) is 4. The summed E-state index contributed by atoms with van der Waals surface area (Å²) >= 11 is 12.0. The third-order valence-corrected chi connectivity index (χ3v) is 3.11. The van der Waals surface area contributed by atoms with Crippen LogP contribution in [0.4, 0.5) is 11.5 Å². The van der Waals surface area contributed by atoms with Gasteiger partial charge in [0, 0.05) is 23.0 Å². The molecule has 21 heavy (non-hydrogen) atoms. The lowest BCUT2D eigenvalue weighted by Gasteiger charge is -2.08. The number of nitrogens with one attached hydrogen (secondary N) is 1. The highest BCUT2D eigenvalue weighted by Gasteiger charge is 2.07. The van der Waals surface area contributed by atoms with Gasteiger partial charge in [-0.25, -0.2) is 9.97 Å². The SMILES string of the molecule is Clc1cccc(Nc2cc(Cl)nc(-c3ccccn3)n2)c1. The Labute approximate surface area is 131 Å². The number of pyridine rings is 1. The van der Waals surface area contributed by atoms with Gasteiger partial charge >= 0.3 is 0 Å². The Morgan fingerprint density at radius 2 is 1.81 bits per heavy atom. The van der Waals surface area contributed by atoms with Crippen LogP contribution >= 0.6 is 23.2 Å². The fourth-order valence-corrected chi connectivity index (χ4v) is 2.18. The van der Waals surface area contributed by atoms with E-state index in [2.05, 4.69) is 20.3 Å². The van der Waals surface area contributed by atoms with Crippen molar-refractivity contribution in [2.45, 2.75) is 0 Å². The number of rotatable bonds is 3. The Balaban J connectivity index is 1.95. The molecular weight excluding hydrogens is 307 g/mol. The van der Waals surface area contributed by atoms with Crippen molar-refractivity contribution in [3.8, 4) is 11.5 Å². The fraction of sp³-hybridized carbons (Fsp3) is 0. The zero-order valence-corrected chi connectivity index (χ0v) is 12.3. The molecule has 0 unspecified atom stereocenters. The first-order valence-corrected chi connectivity index (χ1v) is 6.95. The molecule has 1 N–H and O–H groups in total. The Morgan fingerprint density at radius 3 is 2.57 bits per heavy atom. The molecule has 0 saturated heterocycles. The van der Waals surface area contributed by atoms with E-state index in [-0.39, 0.29) is 0 Å². The van der Waals surface area contributed by atoms with Gasteiger partial charge in [-0.15, -0.1) is 0 Å². The normalized spacial score (nSPS) is 10.4. The first kappa shape index (κ1) is 13.8. The number of hydrogen-bond donors (Lipinski definition) is 1. The van der Waals surface area contributed by atoms with E-state index in [1.54, 1.807) is 24.4 Å². The molecule has 104 valence electrons. The molecule has 0 aliphatic carbocycles. The minimum absolute atomic E-state index is 0.343. The summed E-state index contributed by atoms with van der Waals surface area (Å²) in [5.41, 5.74) is 1.48.